The van der Waals surface area contributed by atoms with Gasteiger partial charge in [0, 0.05) is 6.04 Å². The SMILES string of the molecule is CCCCCCCC(NC1CCCC1)C(=O)O. The molecule has 0 aromatic rings. The predicted octanol–water partition coefficient (Wildman–Crippen LogP) is 3.33. The Hall–Kier alpha value is -0.570. The smallest absolute Gasteiger partial charge is 0.320 e. The normalized spacial score (nSPS) is 18.4. The molecule has 0 bridgehead atoms. The van der Waals surface area contributed by atoms with Crippen molar-refractivity contribution in [3.8, 4) is 0 Å². The van der Waals surface area contributed by atoms with Crippen LogP contribution < -0.4 is 5.32 Å². The largest absolute Gasteiger partial charge is 0.480 e. The van der Waals surface area contributed by atoms with Crippen LogP contribution in [0.4, 0.5) is 0 Å². The molecule has 2 N–H and O–H groups in total. The third kappa shape index (κ3) is 6.06. The number of aliphatic carboxylic acids is 1. The minimum Gasteiger partial charge on any atom is -0.480 e. The van der Waals surface area contributed by atoms with E-state index in [1.165, 1.54) is 38.5 Å². The minimum absolute atomic E-state index is 0.320. The minimum atomic E-state index is -0.674. The van der Waals surface area contributed by atoms with Gasteiger partial charge in [-0.05, 0) is 19.3 Å². The number of carboxylic acid groups (broad SMARTS) is 1. The zero-order valence-corrected chi connectivity index (χ0v) is 11.1. The molecule has 1 saturated carbocycles. The molecule has 17 heavy (non-hydrogen) atoms. The number of carbonyl (C=O) groups is 1. The molecule has 0 aromatic carbocycles. The number of hydrogen-bond donors (Lipinski definition) is 2. The lowest BCUT2D eigenvalue weighted by molar-refractivity contribution is -0.139. The van der Waals surface area contributed by atoms with E-state index in [2.05, 4.69) is 12.2 Å². The molecule has 0 saturated heterocycles. The molecule has 3 heteroatoms. The van der Waals surface area contributed by atoms with Gasteiger partial charge < -0.3 is 10.4 Å². The number of unbranched alkanes of at least 4 members (excludes halogenated alkanes) is 4. The maximum atomic E-state index is 11.1. The van der Waals surface area contributed by atoms with E-state index in [4.69, 9.17) is 0 Å². The van der Waals surface area contributed by atoms with Gasteiger partial charge in [0.15, 0.2) is 0 Å². The number of nitrogens with one attached hydrogen (secondary N) is 1. The number of hydrogen-bond acceptors (Lipinski definition) is 2. The van der Waals surface area contributed by atoms with Crippen LogP contribution in [0.25, 0.3) is 0 Å². The van der Waals surface area contributed by atoms with E-state index in [-0.39, 0.29) is 6.04 Å². The molecule has 3 nitrogen and oxygen atoms in total. The standard InChI is InChI=1S/C14H27NO2/c1-2-3-4-5-6-11-13(14(16)17)15-12-9-7-8-10-12/h12-13,15H,2-11H2,1H3,(H,16,17). The molecule has 100 valence electrons. The molecule has 1 aliphatic rings. The van der Waals surface area contributed by atoms with Gasteiger partial charge in [-0.15, -0.1) is 0 Å². The Kier molecular flexibility index (Phi) is 7.25. The van der Waals surface area contributed by atoms with Gasteiger partial charge in [0.1, 0.15) is 6.04 Å². The summed E-state index contributed by atoms with van der Waals surface area (Å²) in [6, 6.07) is 0.131. The molecule has 1 atom stereocenters. The summed E-state index contributed by atoms with van der Waals surface area (Å²) in [4.78, 5) is 11.1. The van der Waals surface area contributed by atoms with E-state index in [0.717, 1.165) is 25.7 Å². The van der Waals surface area contributed by atoms with Crippen molar-refractivity contribution in [1.82, 2.24) is 5.32 Å². The molecule has 0 aliphatic heterocycles. The average molecular weight is 241 g/mol. The van der Waals surface area contributed by atoms with E-state index in [1.54, 1.807) is 0 Å². The van der Waals surface area contributed by atoms with Crippen molar-refractivity contribution in [2.24, 2.45) is 0 Å². The topological polar surface area (TPSA) is 49.3 Å². The van der Waals surface area contributed by atoms with Crippen molar-refractivity contribution < 1.29 is 9.90 Å². The highest BCUT2D eigenvalue weighted by Crippen LogP contribution is 2.19. The van der Waals surface area contributed by atoms with Crippen LogP contribution in [-0.4, -0.2) is 23.2 Å². The molecule has 1 fully saturated rings. The summed E-state index contributed by atoms with van der Waals surface area (Å²) in [6.45, 7) is 2.20. The first-order chi connectivity index (χ1) is 8.24. The Bertz CT molecular complexity index is 212. The van der Waals surface area contributed by atoms with Crippen molar-refractivity contribution in [2.75, 3.05) is 0 Å². The maximum Gasteiger partial charge on any atom is 0.320 e. The van der Waals surface area contributed by atoms with Gasteiger partial charge in [-0.2, -0.15) is 0 Å². The van der Waals surface area contributed by atoms with Crippen LogP contribution in [0.1, 0.15) is 71.1 Å². The maximum absolute atomic E-state index is 11.1. The second kappa shape index (κ2) is 8.51. The predicted molar refractivity (Wildman–Crippen MR) is 70.2 cm³/mol. The fourth-order valence-corrected chi connectivity index (χ4v) is 2.61. The molecular weight excluding hydrogens is 214 g/mol. The van der Waals surface area contributed by atoms with Crippen LogP contribution in [0.3, 0.4) is 0 Å². The molecule has 1 unspecified atom stereocenters. The van der Waals surface area contributed by atoms with E-state index in [1.807, 2.05) is 0 Å². The van der Waals surface area contributed by atoms with Gasteiger partial charge in [0.25, 0.3) is 0 Å². The van der Waals surface area contributed by atoms with Crippen LogP contribution >= 0.6 is 0 Å². The first kappa shape index (κ1) is 14.5. The fourth-order valence-electron chi connectivity index (χ4n) is 2.61. The molecule has 1 rings (SSSR count). The zero-order chi connectivity index (χ0) is 12.5. The molecule has 0 heterocycles. The monoisotopic (exact) mass is 241 g/mol. The molecule has 0 spiro atoms. The molecule has 0 radical (unpaired) electrons. The van der Waals surface area contributed by atoms with Crippen LogP contribution in [0.2, 0.25) is 0 Å². The highest BCUT2D eigenvalue weighted by Gasteiger charge is 2.23. The molecule has 0 amide bonds. The second-order valence-corrected chi connectivity index (χ2v) is 5.24. The van der Waals surface area contributed by atoms with Gasteiger partial charge >= 0.3 is 5.97 Å². The van der Waals surface area contributed by atoms with Crippen LogP contribution in [0, 0.1) is 0 Å². The molecular formula is C14H27NO2. The summed E-state index contributed by atoms with van der Waals surface area (Å²) in [5.41, 5.74) is 0. The Morgan fingerprint density at radius 2 is 1.88 bits per heavy atom. The van der Waals surface area contributed by atoms with Gasteiger partial charge in [-0.3, -0.25) is 4.79 Å². The summed E-state index contributed by atoms with van der Waals surface area (Å²) < 4.78 is 0. The summed E-state index contributed by atoms with van der Waals surface area (Å²) >= 11 is 0. The van der Waals surface area contributed by atoms with Crippen molar-refractivity contribution in [1.29, 1.82) is 0 Å². The quantitative estimate of drug-likeness (QED) is 0.609. The van der Waals surface area contributed by atoms with E-state index < -0.39 is 5.97 Å². The van der Waals surface area contributed by atoms with Gasteiger partial charge in [-0.1, -0.05) is 51.9 Å². The van der Waals surface area contributed by atoms with E-state index >= 15 is 0 Å². The van der Waals surface area contributed by atoms with Crippen molar-refractivity contribution in [2.45, 2.75) is 83.2 Å². The lowest BCUT2D eigenvalue weighted by Crippen LogP contribution is -2.42. The van der Waals surface area contributed by atoms with Crippen molar-refractivity contribution >= 4 is 5.97 Å². The molecule has 1 aliphatic carbocycles. The third-order valence-electron chi connectivity index (χ3n) is 3.69. The third-order valence-corrected chi connectivity index (χ3v) is 3.69. The average Bonchev–Trinajstić information content (AvgIpc) is 2.79. The highest BCUT2D eigenvalue weighted by atomic mass is 16.4. The van der Waals surface area contributed by atoms with E-state index in [0.29, 0.717) is 6.04 Å². The summed E-state index contributed by atoms with van der Waals surface area (Å²) in [5, 5.41) is 12.5. The van der Waals surface area contributed by atoms with Crippen molar-refractivity contribution in [3.05, 3.63) is 0 Å². The number of rotatable bonds is 9. The first-order valence-electron chi connectivity index (χ1n) is 7.23. The summed E-state index contributed by atoms with van der Waals surface area (Å²) in [6.07, 6.45) is 11.6. The van der Waals surface area contributed by atoms with Crippen LogP contribution in [-0.2, 0) is 4.79 Å². The van der Waals surface area contributed by atoms with Gasteiger partial charge in [0.2, 0.25) is 0 Å². The first-order valence-corrected chi connectivity index (χ1v) is 7.23. The summed E-state index contributed by atoms with van der Waals surface area (Å²) in [7, 11) is 0. The Morgan fingerprint density at radius 3 is 2.47 bits per heavy atom. The van der Waals surface area contributed by atoms with Crippen molar-refractivity contribution in [3.63, 3.8) is 0 Å². The Balaban J connectivity index is 2.16. The fraction of sp³-hybridized carbons (Fsp3) is 0.929. The highest BCUT2D eigenvalue weighted by molar-refractivity contribution is 5.73. The molecule has 0 aromatic heterocycles. The zero-order valence-electron chi connectivity index (χ0n) is 11.1. The number of carboxylic acids is 1. The Morgan fingerprint density at radius 1 is 1.24 bits per heavy atom. The lowest BCUT2D eigenvalue weighted by atomic mass is 10.1. The van der Waals surface area contributed by atoms with Crippen LogP contribution in [0.5, 0.6) is 0 Å². The van der Waals surface area contributed by atoms with Gasteiger partial charge in [0.05, 0.1) is 0 Å². The van der Waals surface area contributed by atoms with E-state index in [9.17, 15) is 9.90 Å². The lowest BCUT2D eigenvalue weighted by Gasteiger charge is -2.19. The second-order valence-electron chi connectivity index (χ2n) is 5.24. The Labute approximate surface area is 105 Å². The van der Waals surface area contributed by atoms with Gasteiger partial charge in [-0.25, -0.2) is 0 Å². The van der Waals surface area contributed by atoms with Crippen LogP contribution in [0.15, 0.2) is 0 Å². The summed E-state index contributed by atoms with van der Waals surface area (Å²) in [5.74, 6) is -0.674.